The van der Waals surface area contributed by atoms with Gasteiger partial charge < -0.3 is 15.6 Å². The van der Waals surface area contributed by atoms with Crippen LogP contribution in [0.2, 0.25) is 0 Å². The minimum Gasteiger partial charge on any atom is -0.508 e. The van der Waals surface area contributed by atoms with Gasteiger partial charge >= 0.3 is 0 Å². The normalized spacial score (nSPS) is 12.5. The SMILES string of the molecule is NC(C=O)c1ccccc1O. The van der Waals surface area contributed by atoms with E-state index in [4.69, 9.17) is 5.73 Å². The van der Waals surface area contributed by atoms with Gasteiger partial charge in [0.2, 0.25) is 0 Å². The van der Waals surface area contributed by atoms with Crippen molar-refractivity contribution < 1.29 is 9.90 Å². The van der Waals surface area contributed by atoms with Gasteiger partial charge in [-0.15, -0.1) is 0 Å². The number of aldehydes is 1. The molecular weight excluding hydrogens is 142 g/mol. The second-order valence-corrected chi connectivity index (χ2v) is 2.22. The first-order valence-corrected chi connectivity index (χ1v) is 3.24. The van der Waals surface area contributed by atoms with Gasteiger partial charge in [0, 0.05) is 5.56 Å². The van der Waals surface area contributed by atoms with Gasteiger partial charge in [0.05, 0.1) is 6.04 Å². The highest BCUT2D eigenvalue weighted by Gasteiger charge is 2.07. The summed E-state index contributed by atoms with van der Waals surface area (Å²) in [6, 6.07) is 5.79. The van der Waals surface area contributed by atoms with E-state index in [9.17, 15) is 9.90 Å². The van der Waals surface area contributed by atoms with Crippen LogP contribution in [0.4, 0.5) is 0 Å². The molecule has 0 spiro atoms. The molecule has 0 aliphatic rings. The summed E-state index contributed by atoms with van der Waals surface area (Å²) in [5, 5.41) is 9.17. The number of nitrogens with two attached hydrogens (primary N) is 1. The quantitative estimate of drug-likeness (QED) is 0.608. The molecule has 1 aromatic rings. The predicted octanol–water partition coefficient (Wildman–Crippen LogP) is 0.591. The van der Waals surface area contributed by atoms with Gasteiger partial charge in [-0.05, 0) is 6.07 Å². The number of benzene rings is 1. The number of para-hydroxylation sites is 1. The van der Waals surface area contributed by atoms with Crippen molar-refractivity contribution in [3.63, 3.8) is 0 Å². The van der Waals surface area contributed by atoms with Crippen LogP contribution in [0.1, 0.15) is 11.6 Å². The van der Waals surface area contributed by atoms with E-state index in [2.05, 4.69) is 0 Å². The molecule has 0 heterocycles. The fourth-order valence-electron chi connectivity index (χ4n) is 0.843. The van der Waals surface area contributed by atoms with E-state index in [1.807, 2.05) is 0 Å². The zero-order valence-electron chi connectivity index (χ0n) is 5.90. The predicted molar refractivity (Wildman–Crippen MR) is 41.1 cm³/mol. The molecule has 1 rings (SSSR count). The molecule has 3 heteroatoms. The van der Waals surface area contributed by atoms with Crippen LogP contribution < -0.4 is 5.73 Å². The average molecular weight is 151 g/mol. The van der Waals surface area contributed by atoms with Crippen LogP contribution in [0.25, 0.3) is 0 Å². The number of phenolic OH excluding ortho intramolecular Hbond substituents is 1. The molecule has 3 N–H and O–H groups in total. The van der Waals surface area contributed by atoms with Crippen molar-refractivity contribution in [2.24, 2.45) is 5.73 Å². The number of rotatable bonds is 2. The standard InChI is InChI=1S/C8H9NO2/c9-7(5-10)6-3-1-2-4-8(6)11/h1-5,7,11H,9H2. The van der Waals surface area contributed by atoms with Crippen LogP contribution in [0.15, 0.2) is 24.3 Å². The van der Waals surface area contributed by atoms with Crippen LogP contribution in [0.5, 0.6) is 5.75 Å². The first kappa shape index (κ1) is 7.75. The zero-order chi connectivity index (χ0) is 8.27. The first-order chi connectivity index (χ1) is 5.25. The van der Waals surface area contributed by atoms with E-state index >= 15 is 0 Å². The number of carbonyl (C=O) groups excluding carboxylic acids is 1. The van der Waals surface area contributed by atoms with Gasteiger partial charge in [-0.3, -0.25) is 0 Å². The molecule has 0 aliphatic heterocycles. The van der Waals surface area contributed by atoms with Gasteiger partial charge in [0.1, 0.15) is 12.0 Å². The highest BCUT2D eigenvalue weighted by molar-refractivity contribution is 5.63. The minimum absolute atomic E-state index is 0.0621. The summed E-state index contributed by atoms with van der Waals surface area (Å²) in [5.41, 5.74) is 5.83. The summed E-state index contributed by atoms with van der Waals surface area (Å²) in [7, 11) is 0. The summed E-state index contributed by atoms with van der Waals surface area (Å²) < 4.78 is 0. The van der Waals surface area contributed by atoms with Gasteiger partial charge in [-0.2, -0.15) is 0 Å². The molecule has 3 nitrogen and oxygen atoms in total. The molecule has 0 saturated carbocycles. The zero-order valence-corrected chi connectivity index (χ0v) is 5.90. The lowest BCUT2D eigenvalue weighted by atomic mass is 10.1. The molecule has 0 aliphatic carbocycles. The molecule has 0 saturated heterocycles. The lowest BCUT2D eigenvalue weighted by Gasteiger charge is -2.05. The average Bonchev–Trinajstić information content (AvgIpc) is 2.04. The van der Waals surface area contributed by atoms with Crippen LogP contribution in [0.3, 0.4) is 0 Å². The Balaban J connectivity index is 3.02. The Morgan fingerprint density at radius 2 is 2.09 bits per heavy atom. The third-order valence-electron chi connectivity index (χ3n) is 1.44. The summed E-state index contributed by atoms with van der Waals surface area (Å²) in [4.78, 5) is 10.2. The highest BCUT2D eigenvalue weighted by Crippen LogP contribution is 2.19. The maximum absolute atomic E-state index is 10.2. The number of hydrogen-bond acceptors (Lipinski definition) is 3. The fourth-order valence-corrected chi connectivity index (χ4v) is 0.843. The van der Waals surface area contributed by atoms with Gasteiger partial charge in [0.15, 0.2) is 0 Å². The van der Waals surface area contributed by atoms with Crippen LogP contribution in [0, 0.1) is 0 Å². The van der Waals surface area contributed by atoms with Crippen molar-refractivity contribution >= 4 is 6.29 Å². The van der Waals surface area contributed by atoms with Gasteiger partial charge in [-0.1, -0.05) is 18.2 Å². The molecule has 11 heavy (non-hydrogen) atoms. The van der Waals surface area contributed by atoms with E-state index < -0.39 is 6.04 Å². The number of carbonyl (C=O) groups is 1. The van der Waals surface area contributed by atoms with E-state index in [0.717, 1.165) is 0 Å². The highest BCUT2D eigenvalue weighted by atomic mass is 16.3. The molecule has 58 valence electrons. The number of phenols is 1. The first-order valence-electron chi connectivity index (χ1n) is 3.24. The lowest BCUT2D eigenvalue weighted by molar-refractivity contribution is -0.109. The van der Waals surface area contributed by atoms with E-state index in [0.29, 0.717) is 11.8 Å². The van der Waals surface area contributed by atoms with E-state index in [1.165, 1.54) is 6.07 Å². The second-order valence-electron chi connectivity index (χ2n) is 2.22. The third kappa shape index (κ3) is 1.56. The van der Waals surface area contributed by atoms with Crippen molar-refractivity contribution in [3.05, 3.63) is 29.8 Å². The van der Waals surface area contributed by atoms with Crippen LogP contribution >= 0.6 is 0 Å². The summed E-state index contributed by atoms with van der Waals surface area (Å²) in [5.74, 6) is 0.0621. The molecule has 1 unspecified atom stereocenters. The van der Waals surface area contributed by atoms with E-state index in [1.54, 1.807) is 18.2 Å². The molecule has 0 amide bonds. The molecule has 0 bridgehead atoms. The summed E-state index contributed by atoms with van der Waals surface area (Å²) in [6.45, 7) is 0. The number of hydrogen-bond donors (Lipinski definition) is 2. The molecule has 1 aromatic carbocycles. The molecule has 1 atom stereocenters. The van der Waals surface area contributed by atoms with E-state index in [-0.39, 0.29) is 5.75 Å². The smallest absolute Gasteiger partial charge is 0.141 e. The van der Waals surface area contributed by atoms with Gasteiger partial charge in [0.25, 0.3) is 0 Å². The Morgan fingerprint density at radius 3 is 2.64 bits per heavy atom. The van der Waals surface area contributed by atoms with Crippen LogP contribution in [-0.2, 0) is 4.79 Å². The molecule has 0 aromatic heterocycles. The van der Waals surface area contributed by atoms with Crippen molar-refractivity contribution in [2.75, 3.05) is 0 Å². The molecule has 0 fully saturated rings. The molecular formula is C8H9NO2. The Kier molecular flexibility index (Phi) is 2.23. The molecule has 0 radical (unpaired) electrons. The second kappa shape index (κ2) is 3.16. The summed E-state index contributed by atoms with van der Waals surface area (Å²) >= 11 is 0. The maximum atomic E-state index is 10.2. The monoisotopic (exact) mass is 151 g/mol. The number of aromatic hydroxyl groups is 1. The Morgan fingerprint density at radius 1 is 1.45 bits per heavy atom. The van der Waals surface area contributed by atoms with Crippen LogP contribution in [-0.4, -0.2) is 11.4 Å². The Hall–Kier alpha value is -1.35. The van der Waals surface area contributed by atoms with Crippen molar-refractivity contribution in [1.29, 1.82) is 0 Å². The van der Waals surface area contributed by atoms with Crippen molar-refractivity contribution in [1.82, 2.24) is 0 Å². The Bertz CT molecular complexity index is 260. The largest absolute Gasteiger partial charge is 0.508 e. The Labute approximate surface area is 64.5 Å². The lowest BCUT2D eigenvalue weighted by Crippen LogP contribution is -2.11. The van der Waals surface area contributed by atoms with Crippen molar-refractivity contribution in [2.45, 2.75) is 6.04 Å². The maximum Gasteiger partial charge on any atom is 0.141 e. The summed E-state index contributed by atoms with van der Waals surface area (Å²) in [6.07, 6.45) is 0.592. The topological polar surface area (TPSA) is 63.3 Å². The fraction of sp³-hybridized carbons (Fsp3) is 0.125. The van der Waals surface area contributed by atoms with Crippen molar-refractivity contribution in [3.8, 4) is 5.75 Å². The minimum atomic E-state index is -0.726. The van der Waals surface area contributed by atoms with Gasteiger partial charge in [-0.25, -0.2) is 0 Å². The third-order valence-corrected chi connectivity index (χ3v) is 1.44.